The van der Waals surface area contributed by atoms with Gasteiger partial charge in [0.15, 0.2) is 0 Å². The lowest BCUT2D eigenvalue weighted by Gasteiger charge is -2.45. The largest absolute Gasteiger partial charge is 0.460 e. The van der Waals surface area contributed by atoms with Crippen LogP contribution in [0.25, 0.3) is 0 Å². The Hall–Kier alpha value is -2.02. The van der Waals surface area contributed by atoms with Gasteiger partial charge in [0.2, 0.25) is 0 Å². The van der Waals surface area contributed by atoms with Crippen LogP contribution >= 0.6 is 0 Å². The second-order valence-electron chi connectivity index (χ2n) is 7.84. The van der Waals surface area contributed by atoms with Gasteiger partial charge < -0.3 is 0 Å². The van der Waals surface area contributed by atoms with Gasteiger partial charge in [0, 0.05) is 0 Å². The number of alkyl halides is 27. The molecule has 4 nitrogen and oxygen atoms in total. The van der Waals surface area contributed by atoms with Crippen LogP contribution in [0.15, 0.2) is 0 Å². The Kier molecular flexibility index (Phi) is 9.78. The van der Waals surface area contributed by atoms with Gasteiger partial charge in [-0.25, -0.2) is 0 Å². The summed E-state index contributed by atoms with van der Waals surface area (Å²) in [6.45, 7) is 0. The molecule has 0 aliphatic rings. The van der Waals surface area contributed by atoms with Gasteiger partial charge in [-0.2, -0.15) is 131 Å². The van der Waals surface area contributed by atoms with Gasteiger partial charge in [-0.1, -0.05) is 0 Å². The molecule has 0 aromatic heterocycles. The smallest absolute Gasteiger partial charge is 0.263 e. The van der Waals surface area contributed by atoms with Crippen LogP contribution in [0.2, 0.25) is 0 Å². The van der Waals surface area contributed by atoms with Crippen molar-refractivity contribution in [3.8, 4) is 0 Å². The summed E-state index contributed by atoms with van der Waals surface area (Å²) in [5.74, 6) is -105. The molecule has 0 unspecified atom stereocenters. The van der Waals surface area contributed by atoms with E-state index in [0.717, 1.165) is 0 Å². The Labute approximate surface area is 225 Å². The first-order valence-electron chi connectivity index (χ1n) is 8.99. The topological polar surface area (TPSA) is 63.6 Å². The van der Waals surface area contributed by atoms with E-state index in [1.165, 1.54) is 4.18 Å². The molecule has 0 radical (unpaired) electrons. The third kappa shape index (κ3) is 5.35. The van der Waals surface area contributed by atoms with Crippen LogP contribution in [-0.2, 0) is 14.6 Å². The van der Waals surface area contributed by atoms with Gasteiger partial charge in [0.1, 0.15) is 0 Å². The minimum atomic E-state index is -9.91. The van der Waals surface area contributed by atoms with Crippen molar-refractivity contribution in [2.45, 2.75) is 77.4 Å². The van der Waals surface area contributed by atoms with E-state index in [0.29, 0.717) is 0 Å². The highest BCUT2D eigenvalue weighted by atomic mass is 32.3. The second kappa shape index (κ2) is 10.2. The molecule has 45 heavy (non-hydrogen) atoms. The highest BCUT2D eigenvalue weighted by molar-refractivity contribution is 7.80. The first kappa shape index (κ1) is 43.0. The van der Waals surface area contributed by atoms with Gasteiger partial charge in [0.05, 0.1) is 0 Å². The maximum atomic E-state index is 13.6. The predicted octanol–water partition coefficient (Wildman–Crippen LogP) is 7.95. The highest BCUT2D eigenvalue weighted by Crippen LogP contribution is 2.68. The zero-order valence-corrected chi connectivity index (χ0v) is 19.6. The van der Waals surface area contributed by atoms with Crippen molar-refractivity contribution in [2.24, 2.45) is 0 Å². The minimum absolute atomic E-state index is 1.39. The van der Waals surface area contributed by atoms with Crippen LogP contribution in [0.4, 0.5) is 119 Å². The maximum Gasteiger partial charge on any atom is 0.460 e. The zero-order chi connectivity index (χ0) is 37.7. The summed E-state index contributed by atoms with van der Waals surface area (Å²) in [6, 6.07) is 0. The Balaban J connectivity index is 7.49. The molecule has 0 aromatic carbocycles. The van der Waals surface area contributed by atoms with Crippen molar-refractivity contribution in [2.75, 3.05) is 0 Å². The molecule has 272 valence electrons. The molecular weight excluding hydrogens is 765 g/mol. The van der Waals surface area contributed by atoms with Crippen LogP contribution in [0.5, 0.6) is 0 Å². The van der Waals surface area contributed by atoms with E-state index in [1.807, 2.05) is 0 Å². The van der Waals surface area contributed by atoms with Gasteiger partial charge in [-0.05, 0) is 0 Å². The van der Waals surface area contributed by atoms with Crippen molar-refractivity contribution in [3.05, 3.63) is 0 Å². The van der Waals surface area contributed by atoms with Crippen molar-refractivity contribution in [1.29, 1.82) is 0 Å². The Morgan fingerprint density at radius 3 is 0.622 bits per heavy atom. The second-order valence-corrected chi connectivity index (χ2v) is 8.87. The van der Waals surface area contributed by atoms with E-state index in [-0.39, 0.29) is 0 Å². The van der Waals surface area contributed by atoms with Crippen molar-refractivity contribution >= 4 is 10.4 Å². The summed E-state index contributed by atoms with van der Waals surface area (Å²) >= 11 is 0. The van der Waals surface area contributed by atoms with E-state index in [2.05, 4.69) is 0 Å². The lowest BCUT2D eigenvalue weighted by atomic mass is 9.84. The summed E-state index contributed by atoms with van der Waals surface area (Å²) in [6.07, 6.45) is -16.4. The monoisotopic (exact) mass is 766 g/mol. The van der Waals surface area contributed by atoms with Crippen LogP contribution in [0.1, 0.15) is 0 Å². The molecule has 0 amide bonds. The Morgan fingerprint density at radius 2 is 0.467 bits per heavy atom. The van der Waals surface area contributed by atoms with Crippen LogP contribution < -0.4 is 0 Å². The number of rotatable bonds is 13. The van der Waals surface area contributed by atoms with E-state index >= 15 is 0 Å². The van der Waals surface area contributed by atoms with Crippen LogP contribution in [0.3, 0.4) is 0 Å². The molecule has 0 saturated heterocycles. The fraction of sp³-hybridized carbons (Fsp3) is 1.00. The molecule has 0 atom stereocenters. The highest BCUT2D eigenvalue weighted by Gasteiger charge is 3.00. The zero-order valence-electron chi connectivity index (χ0n) is 18.8. The molecule has 0 aliphatic heterocycles. The normalized spacial score (nSPS) is 17.2. The number of hydrogen-bond donors (Lipinski definition) is 1. The lowest BCUT2D eigenvalue weighted by Crippen LogP contribution is -2.78. The molecule has 0 fully saturated rings. The van der Waals surface area contributed by atoms with Gasteiger partial charge in [-0.3, -0.25) is 4.55 Å². The molecule has 0 rings (SSSR count). The average molecular weight is 766 g/mol. The van der Waals surface area contributed by atoms with Crippen molar-refractivity contribution < 1.29 is 136 Å². The predicted molar refractivity (Wildman–Crippen MR) is 78.1 cm³/mol. The summed E-state index contributed by atoms with van der Waals surface area (Å²) in [7, 11) is -7.34. The Morgan fingerprint density at radius 1 is 0.311 bits per heavy atom. The summed E-state index contributed by atoms with van der Waals surface area (Å²) in [4.78, 5) is 0. The summed E-state index contributed by atoms with van der Waals surface area (Å²) < 4.78 is 385. The molecule has 0 bridgehead atoms. The third-order valence-electron chi connectivity index (χ3n) is 4.87. The fourth-order valence-electron chi connectivity index (χ4n) is 2.32. The quantitative estimate of drug-likeness (QED) is 0.153. The van der Waals surface area contributed by atoms with Crippen LogP contribution in [-0.4, -0.2) is 90.4 Å². The molecule has 0 aliphatic carbocycles. The van der Waals surface area contributed by atoms with Crippen molar-refractivity contribution in [1.82, 2.24) is 0 Å². The summed E-state index contributed by atoms with van der Waals surface area (Å²) in [5.41, 5.74) is 0. The molecule has 0 spiro atoms. The molecule has 32 heteroatoms. The van der Waals surface area contributed by atoms with Crippen LogP contribution in [0, 0.1) is 0 Å². The lowest BCUT2D eigenvalue weighted by molar-refractivity contribution is -0.488. The first-order chi connectivity index (χ1) is 18.7. The summed E-state index contributed by atoms with van der Waals surface area (Å²) in [5, 5.41) is 0. The number of halogens is 27. The van der Waals surface area contributed by atoms with Gasteiger partial charge in [0.25, 0.3) is 0 Å². The molecule has 1 N–H and O–H groups in total. The first-order valence-corrected chi connectivity index (χ1v) is 10.4. The van der Waals surface area contributed by atoms with Gasteiger partial charge in [-0.15, -0.1) is 0 Å². The standard InChI is InChI=1S/C13HF27O4S/c14-1(15,2(16,17)4(20,21)6(24,25)8(28,29)10(32,33)12(36,37)38)3(18,19)5(22,23)7(26,27)9(30,31)11(34,35)13(39,40)44-45(41,42)43/h(H,41,42,43). The minimum Gasteiger partial charge on any atom is -0.263 e. The molecule has 0 aromatic rings. The third-order valence-corrected chi connectivity index (χ3v) is 5.29. The van der Waals surface area contributed by atoms with E-state index in [1.54, 1.807) is 0 Å². The fourth-order valence-corrected chi connectivity index (χ4v) is 2.69. The average Bonchev–Trinajstić information content (AvgIpc) is 2.75. The maximum absolute atomic E-state index is 13.6. The molecular formula is C13HF27O4S. The van der Waals surface area contributed by atoms with Crippen molar-refractivity contribution in [3.63, 3.8) is 0 Å². The van der Waals surface area contributed by atoms with E-state index in [9.17, 15) is 127 Å². The molecule has 0 heterocycles. The van der Waals surface area contributed by atoms with Gasteiger partial charge >= 0.3 is 87.8 Å². The molecule has 0 saturated carbocycles. The number of hydrogen-bond acceptors (Lipinski definition) is 3. The Bertz CT molecular complexity index is 1210. The van der Waals surface area contributed by atoms with E-state index < -0.39 is 87.8 Å². The SMILES string of the molecule is O=S(=O)(O)OC(F)(F)C(F)(F)C(F)(F)C(F)(F)C(F)(F)C(F)(F)C(F)(F)C(F)(F)C(F)(F)C(F)(F)C(F)(F)C(F)(F)C(F)(F)F. The van der Waals surface area contributed by atoms with E-state index in [4.69, 9.17) is 4.55 Å².